The minimum atomic E-state index is -0.139. The lowest BCUT2D eigenvalue weighted by atomic mass is 9.69. The maximum atomic E-state index is 13.4. The zero-order valence-electron chi connectivity index (χ0n) is 17.2. The summed E-state index contributed by atoms with van der Waals surface area (Å²) in [4.78, 5) is 15.3. The standard InChI is InChI=1S/C23H27NO5/c1-26-18-6-4-5-16(11-18)22(25)24-14-17-12-20(27-2)21(28-3)13-19(17)23(15-24)7-9-29-10-8-23/h4-6,11-13H,7-10,14-15H2,1-3H3. The Morgan fingerprint density at radius 3 is 2.41 bits per heavy atom. The maximum Gasteiger partial charge on any atom is 0.254 e. The van der Waals surface area contributed by atoms with E-state index in [0.29, 0.717) is 43.4 Å². The fourth-order valence-corrected chi connectivity index (χ4v) is 4.53. The molecule has 1 amide bonds. The van der Waals surface area contributed by atoms with Gasteiger partial charge in [0.05, 0.1) is 21.3 Å². The summed E-state index contributed by atoms with van der Waals surface area (Å²) in [7, 11) is 4.90. The minimum absolute atomic E-state index is 0.00945. The smallest absolute Gasteiger partial charge is 0.254 e. The third-order valence-electron chi connectivity index (χ3n) is 6.09. The van der Waals surface area contributed by atoms with E-state index < -0.39 is 0 Å². The van der Waals surface area contributed by atoms with Crippen molar-refractivity contribution in [1.82, 2.24) is 4.90 Å². The van der Waals surface area contributed by atoms with Crippen LogP contribution < -0.4 is 14.2 Å². The number of methoxy groups -OCH3 is 3. The minimum Gasteiger partial charge on any atom is -0.497 e. The van der Waals surface area contributed by atoms with Crippen LogP contribution in [0, 0.1) is 0 Å². The van der Waals surface area contributed by atoms with E-state index in [1.54, 1.807) is 27.4 Å². The van der Waals surface area contributed by atoms with Gasteiger partial charge in [-0.2, -0.15) is 0 Å². The molecule has 4 rings (SSSR count). The van der Waals surface area contributed by atoms with Crippen molar-refractivity contribution in [3.8, 4) is 17.2 Å². The predicted octanol–water partition coefficient (Wildman–Crippen LogP) is 3.42. The molecule has 2 heterocycles. The molecule has 6 nitrogen and oxygen atoms in total. The van der Waals surface area contributed by atoms with Crippen molar-refractivity contribution < 1.29 is 23.7 Å². The van der Waals surface area contributed by atoms with E-state index in [1.807, 2.05) is 29.2 Å². The largest absolute Gasteiger partial charge is 0.497 e. The Hall–Kier alpha value is -2.73. The van der Waals surface area contributed by atoms with Gasteiger partial charge in [0.25, 0.3) is 5.91 Å². The third kappa shape index (κ3) is 3.53. The molecular formula is C23H27NO5. The highest BCUT2D eigenvalue weighted by molar-refractivity contribution is 5.95. The highest BCUT2D eigenvalue weighted by atomic mass is 16.5. The van der Waals surface area contributed by atoms with Crippen LogP contribution in [-0.4, -0.2) is 51.9 Å². The molecule has 2 aromatic carbocycles. The molecule has 0 saturated carbocycles. The van der Waals surface area contributed by atoms with Crippen LogP contribution in [0.25, 0.3) is 0 Å². The molecule has 1 fully saturated rings. The molecular weight excluding hydrogens is 370 g/mol. The molecule has 0 bridgehead atoms. The lowest BCUT2D eigenvalue weighted by Crippen LogP contribution is -2.50. The molecule has 0 N–H and O–H groups in total. The quantitative estimate of drug-likeness (QED) is 0.791. The van der Waals surface area contributed by atoms with E-state index in [4.69, 9.17) is 18.9 Å². The zero-order valence-corrected chi connectivity index (χ0v) is 17.2. The summed E-state index contributed by atoms with van der Waals surface area (Å²) in [6, 6.07) is 11.4. The van der Waals surface area contributed by atoms with E-state index in [0.717, 1.165) is 24.2 Å². The Kier molecular flexibility index (Phi) is 5.37. The fourth-order valence-electron chi connectivity index (χ4n) is 4.53. The Morgan fingerprint density at radius 1 is 1.00 bits per heavy atom. The molecule has 1 spiro atoms. The summed E-state index contributed by atoms with van der Waals surface area (Å²) in [5, 5.41) is 0. The normalized spacial score (nSPS) is 17.6. The molecule has 1 saturated heterocycles. The number of carbonyl (C=O) groups is 1. The summed E-state index contributed by atoms with van der Waals surface area (Å²) in [6.07, 6.45) is 1.74. The van der Waals surface area contributed by atoms with Gasteiger partial charge in [-0.05, 0) is 54.3 Å². The number of hydrogen-bond acceptors (Lipinski definition) is 5. The predicted molar refractivity (Wildman–Crippen MR) is 109 cm³/mol. The van der Waals surface area contributed by atoms with Crippen molar-refractivity contribution in [2.45, 2.75) is 24.8 Å². The number of carbonyl (C=O) groups excluding carboxylic acids is 1. The van der Waals surface area contributed by atoms with Crippen LogP contribution in [0.1, 0.15) is 34.3 Å². The Bertz CT molecular complexity index is 904. The van der Waals surface area contributed by atoms with Gasteiger partial charge >= 0.3 is 0 Å². The second-order valence-corrected chi connectivity index (χ2v) is 7.65. The van der Waals surface area contributed by atoms with E-state index in [9.17, 15) is 4.79 Å². The summed E-state index contributed by atoms with van der Waals surface area (Å²) >= 11 is 0. The Labute approximate surface area is 171 Å². The summed E-state index contributed by atoms with van der Waals surface area (Å²) < 4.78 is 22.0. The lowest BCUT2D eigenvalue weighted by Gasteiger charge is -2.46. The Morgan fingerprint density at radius 2 is 1.72 bits per heavy atom. The number of fused-ring (bicyclic) bond motifs is 2. The Balaban J connectivity index is 1.75. The number of benzene rings is 2. The van der Waals surface area contributed by atoms with Gasteiger partial charge in [-0.3, -0.25) is 4.79 Å². The van der Waals surface area contributed by atoms with Crippen LogP contribution in [0.3, 0.4) is 0 Å². The summed E-state index contributed by atoms with van der Waals surface area (Å²) in [5.41, 5.74) is 2.84. The molecule has 2 aromatic rings. The molecule has 0 unspecified atom stereocenters. The van der Waals surface area contributed by atoms with E-state index in [-0.39, 0.29) is 11.3 Å². The first-order valence-corrected chi connectivity index (χ1v) is 9.86. The van der Waals surface area contributed by atoms with Crippen molar-refractivity contribution in [3.05, 3.63) is 53.1 Å². The molecule has 2 aliphatic rings. The molecule has 2 aliphatic heterocycles. The molecule has 0 radical (unpaired) electrons. The molecule has 6 heteroatoms. The average molecular weight is 397 g/mol. The maximum absolute atomic E-state index is 13.4. The fraction of sp³-hybridized carbons (Fsp3) is 0.435. The molecule has 0 aromatic heterocycles. The number of amides is 1. The van der Waals surface area contributed by atoms with Crippen molar-refractivity contribution in [2.24, 2.45) is 0 Å². The van der Waals surface area contributed by atoms with E-state index >= 15 is 0 Å². The first-order chi connectivity index (χ1) is 14.1. The highest BCUT2D eigenvalue weighted by Crippen LogP contribution is 2.45. The van der Waals surface area contributed by atoms with Crippen LogP contribution in [0.4, 0.5) is 0 Å². The van der Waals surface area contributed by atoms with Gasteiger partial charge in [0.15, 0.2) is 11.5 Å². The number of hydrogen-bond donors (Lipinski definition) is 0. The van der Waals surface area contributed by atoms with Gasteiger partial charge in [-0.1, -0.05) is 6.07 Å². The van der Waals surface area contributed by atoms with Gasteiger partial charge in [-0.25, -0.2) is 0 Å². The number of nitrogens with zero attached hydrogens (tertiary/aromatic N) is 1. The second kappa shape index (κ2) is 7.95. The first-order valence-electron chi connectivity index (χ1n) is 9.86. The van der Waals surface area contributed by atoms with Crippen LogP contribution in [-0.2, 0) is 16.7 Å². The number of ether oxygens (including phenoxy) is 4. The van der Waals surface area contributed by atoms with Crippen LogP contribution >= 0.6 is 0 Å². The van der Waals surface area contributed by atoms with Crippen LogP contribution in [0.15, 0.2) is 36.4 Å². The lowest BCUT2D eigenvalue weighted by molar-refractivity contribution is 0.0236. The topological polar surface area (TPSA) is 57.2 Å². The average Bonchev–Trinajstić information content (AvgIpc) is 2.78. The second-order valence-electron chi connectivity index (χ2n) is 7.65. The van der Waals surface area contributed by atoms with Crippen molar-refractivity contribution in [2.75, 3.05) is 41.1 Å². The van der Waals surface area contributed by atoms with E-state index in [2.05, 4.69) is 6.07 Å². The first kappa shape index (κ1) is 19.6. The van der Waals surface area contributed by atoms with Gasteiger partial charge in [0, 0.05) is 37.3 Å². The third-order valence-corrected chi connectivity index (χ3v) is 6.09. The van der Waals surface area contributed by atoms with Gasteiger partial charge in [0.1, 0.15) is 5.75 Å². The van der Waals surface area contributed by atoms with Crippen LogP contribution in [0.5, 0.6) is 17.2 Å². The molecule has 0 atom stereocenters. The number of rotatable bonds is 4. The van der Waals surface area contributed by atoms with Gasteiger partial charge in [-0.15, -0.1) is 0 Å². The monoisotopic (exact) mass is 397 g/mol. The van der Waals surface area contributed by atoms with E-state index in [1.165, 1.54) is 5.56 Å². The molecule has 29 heavy (non-hydrogen) atoms. The van der Waals surface area contributed by atoms with Crippen molar-refractivity contribution in [1.29, 1.82) is 0 Å². The molecule has 154 valence electrons. The highest BCUT2D eigenvalue weighted by Gasteiger charge is 2.43. The van der Waals surface area contributed by atoms with Crippen molar-refractivity contribution in [3.63, 3.8) is 0 Å². The van der Waals surface area contributed by atoms with Crippen LogP contribution in [0.2, 0.25) is 0 Å². The summed E-state index contributed by atoms with van der Waals surface area (Å²) in [6.45, 7) is 2.58. The van der Waals surface area contributed by atoms with Gasteiger partial charge < -0.3 is 23.8 Å². The van der Waals surface area contributed by atoms with Crippen molar-refractivity contribution >= 4 is 5.91 Å². The van der Waals surface area contributed by atoms with Gasteiger partial charge in [0.2, 0.25) is 0 Å². The SMILES string of the molecule is COc1cccc(C(=O)N2Cc3cc(OC)c(OC)cc3C3(CCOCC3)C2)c1. The zero-order chi connectivity index (χ0) is 20.4. The molecule has 0 aliphatic carbocycles. The summed E-state index contributed by atoms with van der Waals surface area (Å²) in [5.74, 6) is 2.10.